The number of rotatable bonds is 5. The number of nitrogens with two attached hydrogens (primary N) is 1. The molecule has 4 N–H and O–H groups in total. The molecule has 1 fully saturated rings. The lowest BCUT2D eigenvalue weighted by Crippen LogP contribution is -2.39. The van der Waals surface area contributed by atoms with Crippen molar-refractivity contribution in [3.63, 3.8) is 0 Å². The Bertz CT molecular complexity index is 794. The molecule has 1 aromatic rings. The van der Waals surface area contributed by atoms with Gasteiger partial charge in [-0.2, -0.15) is 13.4 Å². The fraction of sp³-hybridized carbons (Fsp3) is 0.500. The third-order valence-electron chi connectivity index (χ3n) is 3.30. The number of aliphatic hydroxyl groups excluding tert-OH is 2. The van der Waals surface area contributed by atoms with Gasteiger partial charge in [-0.3, -0.25) is 8.75 Å². The Kier molecular flexibility index (Phi) is 5.98. The normalized spacial score (nSPS) is 27.8. The minimum atomic E-state index is -3.91. The van der Waals surface area contributed by atoms with Crippen molar-refractivity contribution in [2.75, 3.05) is 18.6 Å². The first-order chi connectivity index (χ1) is 11.2. The van der Waals surface area contributed by atoms with Crippen molar-refractivity contribution in [2.24, 2.45) is 0 Å². The molecule has 2 heterocycles. The molecule has 134 valence electrons. The lowest BCUT2D eigenvalue weighted by atomic mass is 10.1. The summed E-state index contributed by atoms with van der Waals surface area (Å²) in [4.78, 5) is 15.7. The zero-order valence-electron chi connectivity index (χ0n) is 12.4. The van der Waals surface area contributed by atoms with Gasteiger partial charge in [-0.1, -0.05) is 22.6 Å². The van der Waals surface area contributed by atoms with Crippen molar-refractivity contribution in [1.82, 2.24) is 9.55 Å². The van der Waals surface area contributed by atoms with E-state index in [0.717, 1.165) is 10.8 Å². The Morgan fingerprint density at radius 2 is 2.25 bits per heavy atom. The molecule has 0 unspecified atom stereocenters. The van der Waals surface area contributed by atoms with E-state index < -0.39 is 47.0 Å². The number of hydrogen-bond donors (Lipinski definition) is 3. The molecule has 0 spiro atoms. The van der Waals surface area contributed by atoms with E-state index in [1.807, 2.05) is 22.6 Å². The van der Waals surface area contributed by atoms with Gasteiger partial charge in [0.1, 0.15) is 24.1 Å². The maximum atomic E-state index is 12.0. The van der Waals surface area contributed by atoms with Gasteiger partial charge in [-0.15, -0.1) is 0 Å². The Morgan fingerprint density at radius 1 is 1.58 bits per heavy atom. The van der Waals surface area contributed by atoms with E-state index in [9.17, 15) is 23.4 Å². The molecule has 24 heavy (non-hydrogen) atoms. The molecule has 0 aromatic carbocycles. The number of aromatic nitrogens is 2. The molecule has 1 aliphatic rings. The molecule has 1 aromatic heterocycles. The second-order valence-electron chi connectivity index (χ2n) is 5.07. The maximum Gasteiger partial charge on any atom is 0.351 e. The number of halogens is 1. The maximum absolute atomic E-state index is 12.0. The van der Waals surface area contributed by atoms with Gasteiger partial charge in [0.15, 0.2) is 6.23 Å². The molecule has 0 bridgehead atoms. The summed E-state index contributed by atoms with van der Waals surface area (Å²) in [6.45, 7) is -0.606. The molecule has 1 aliphatic heterocycles. The molecule has 1 saturated heterocycles. The monoisotopic (exact) mass is 473 g/mol. The second kappa shape index (κ2) is 7.45. The van der Waals surface area contributed by atoms with Gasteiger partial charge < -0.3 is 20.7 Å². The summed E-state index contributed by atoms with van der Waals surface area (Å²) in [5.74, 6) is -0.000651. The topological polar surface area (TPSA) is 154 Å². The van der Waals surface area contributed by atoms with E-state index in [2.05, 4.69) is 4.98 Å². The van der Waals surface area contributed by atoms with Crippen LogP contribution in [0.3, 0.4) is 0 Å². The van der Waals surface area contributed by atoms with Crippen LogP contribution in [0.4, 0.5) is 5.82 Å². The molecule has 0 amide bonds. The van der Waals surface area contributed by atoms with Crippen molar-refractivity contribution in [3.8, 4) is 0 Å². The first-order valence-corrected chi connectivity index (χ1v) is 9.72. The van der Waals surface area contributed by atoms with Crippen LogP contribution in [0.5, 0.6) is 0 Å². The predicted molar refractivity (Wildman–Crippen MR) is 92.7 cm³/mol. The van der Waals surface area contributed by atoms with Gasteiger partial charge in [0.25, 0.3) is 10.1 Å². The van der Waals surface area contributed by atoms with Crippen molar-refractivity contribution >= 4 is 44.6 Å². The second-order valence-corrected chi connectivity index (χ2v) is 7.39. The summed E-state index contributed by atoms with van der Waals surface area (Å²) in [6, 6.07) is 0. The Hall–Kier alpha value is -1.06. The van der Waals surface area contributed by atoms with Crippen molar-refractivity contribution in [1.29, 1.82) is 0 Å². The average Bonchev–Trinajstić information content (AvgIpc) is 2.77. The molecule has 2 rings (SSSR count). The summed E-state index contributed by atoms with van der Waals surface area (Å²) in [5, 5.41) is 19.6. The highest BCUT2D eigenvalue weighted by Gasteiger charge is 2.47. The van der Waals surface area contributed by atoms with E-state index in [1.54, 1.807) is 10.2 Å². The van der Waals surface area contributed by atoms with E-state index in [4.69, 9.17) is 14.7 Å². The van der Waals surface area contributed by atoms with Gasteiger partial charge in [0.05, 0.1) is 12.9 Å². The highest BCUT2D eigenvalue weighted by Crippen LogP contribution is 2.31. The summed E-state index contributed by atoms with van der Waals surface area (Å²) >= 11 is 1.96. The highest BCUT2D eigenvalue weighted by atomic mass is 127. The van der Waals surface area contributed by atoms with Crippen molar-refractivity contribution in [2.45, 2.75) is 24.5 Å². The fourth-order valence-electron chi connectivity index (χ4n) is 2.29. The summed E-state index contributed by atoms with van der Waals surface area (Å²) in [5.41, 5.74) is 5.26. The zero-order valence-corrected chi connectivity index (χ0v) is 15.4. The summed E-state index contributed by atoms with van der Waals surface area (Å²) in [6.07, 6.45) is -1.57. The van der Waals surface area contributed by atoms with E-state index >= 15 is 0 Å². The Balaban J connectivity index is 2.42. The van der Waals surface area contributed by atoms with Gasteiger partial charge in [0.2, 0.25) is 0 Å². The van der Waals surface area contributed by atoms with Crippen LogP contribution in [0.1, 0.15) is 11.8 Å². The first-order valence-electron chi connectivity index (χ1n) is 6.66. The molecule has 0 saturated carbocycles. The van der Waals surface area contributed by atoms with Crippen LogP contribution in [-0.2, 0) is 19.0 Å². The molecular formula is C12H16IN3O7S. The third kappa shape index (κ3) is 4.12. The van der Waals surface area contributed by atoms with Gasteiger partial charge >= 0.3 is 5.69 Å². The number of aliphatic hydroxyl groups is 2. The smallest absolute Gasteiger partial charge is 0.351 e. The van der Waals surface area contributed by atoms with E-state index in [1.165, 1.54) is 6.20 Å². The van der Waals surface area contributed by atoms with Crippen molar-refractivity contribution in [3.05, 3.63) is 26.3 Å². The molecule has 4 atom stereocenters. The first kappa shape index (κ1) is 19.3. The minimum Gasteiger partial charge on any atom is -0.394 e. The largest absolute Gasteiger partial charge is 0.394 e. The summed E-state index contributed by atoms with van der Waals surface area (Å²) < 4.78 is 35.4. The Morgan fingerprint density at radius 3 is 2.79 bits per heavy atom. The molecular weight excluding hydrogens is 457 g/mol. The third-order valence-corrected chi connectivity index (χ3v) is 4.23. The molecule has 10 nitrogen and oxygen atoms in total. The van der Waals surface area contributed by atoms with Crippen LogP contribution in [0.2, 0.25) is 0 Å². The minimum absolute atomic E-state index is 0.000651. The van der Waals surface area contributed by atoms with E-state index in [0.29, 0.717) is 5.56 Å². The van der Waals surface area contributed by atoms with Gasteiger partial charge in [0, 0.05) is 11.8 Å². The van der Waals surface area contributed by atoms with Crippen molar-refractivity contribution < 1.29 is 27.6 Å². The number of nitrogen functional groups attached to an aromatic ring is 1. The summed E-state index contributed by atoms with van der Waals surface area (Å²) in [7, 11) is -3.91. The van der Waals surface area contributed by atoms with Crippen LogP contribution >= 0.6 is 22.6 Å². The van der Waals surface area contributed by atoms with Crippen LogP contribution in [0.15, 0.2) is 15.1 Å². The standard InChI is InChI=1S/C12H16IN3O7S/c1-24(20,21)23-9-7(5-17)22-11(8(9)18)16-4-6(2-3-13)10(14)15-12(16)19/h2-4,7-9,11,17-18H,5H2,1H3,(H2,14,15,19)/t7-,8-,9+,11-/m1/s1. The number of anilines is 1. The average molecular weight is 473 g/mol. The highest BCUT2D eigenvalue weighted by molar-refractivity contribution is 14.1. The SMILES string of the molecule is CS(=O)(=O)O[C@@H]1[C@@H](O)[C@H](n2cc(C=CI)c(N)nc2=O)O[C@@H]1CO. The number of hydrogen-bond acceptors (Lipinski definition) is 9. The Labute approximate surface area is 151 Å². The lowest BCUT2D eigenvalue weighted by Gasteiger charge is -2.19. The van der Waals surface area contributed by atoms with Crippen LogP contribution in [0, 0.1) is 0 Å². The zero-order chi connectivity index (χ0) is 18.1. The lowest BCUT2D eigenvalue weighted by molar-refractivity contribution is -0.0542. The quantitative estimate of drug-likeness (QED) is 0.355. The molecule has 0 radical (unpaired) electrons. The fourth-order valence-corrected chi connectivity index (χ4v) is 3.32. The van der Waals surface area contributed by atoms with E-state index in [-0.39, 0.29) is 5.82 Å². The van der Waals surface area contributed by atoms with Crippen LogP contribution in [-0.4, -0.2) is 59.4 Å². The van der Waals surface area contributed by atoms with Crippen LogP contribution in [0.25, 0.3) is 6.08 Å². The molecule has 0 aliphatic carbocycles. The predicted octanol–water partition coefficient (Wildman–Crippen LogP) is -1.17. The number of ether oxygens (including phenoxy) is 1. The van der Waals surface area contributed by atoms with Gasteiger partial charge in [-0.05, 0) is 10.2 Å². The van der Waals surface area contributed by atoms with Crippen LogP contribution < -0.4 is 11.4 Å². The van der Waals surface area contributed by atoms with Gasteiger partial charge in [-0.25, -0.2) is 4.79 Å². The molecule has 12 heteroatoms. The number of nitrogens with zero attached hydrogens (tertiary/aromatic N) is 2.